The number of ketones is 2. The van der Waals surface area contributed by atoms with E-state index in [1.165, 1.54) is 18.2 Å². The van der Waals surface area contributed by atoms with E-state index < -0.39 is 31.6 Å². The molecule has 0 aromatic heterocycles. The van der Waals surface area contributed by atoms with E-state index >= 15 is 0 Å². The first-order valence-corrected chi connectivity index (χ1v) is 8.10. The molecule has 0 amide bonds. The van der Waals surface area contributed by atoms with Gasteiger partial charge < -0.3 is 0 Å². The molecule has 112 valence electrons. The Bertz CT molecular complexity index is 963. The molecular formula is C14H6Cl2O5S. The zero-order valence-electron chi connectivity index (χ0n) is 10.6. The largest absolute Gasteiger partial charge is 0.296 e. The predicted octanol–water partition coefficient (Wildman–Crippen LogP) is 3.02. The van der Waals surface area contributed by atoms with Crippen molar-refractivity contribution in [2.75, 3.05) is 0 Å². The third kappa shape index (κ3) is 2.16. The first-order chi connectivity index (χ1) is 10.2. The molecule has 0 atom stereocenters. The highest BCUT2D eigenvalue weighted by Crippen LogP contribution is 2.36. The monoisotopic (exact) mass is 356 g/mol. The second kappa shape index (κ2) is 4.89. The van der Waals surface area contributed by atoms with Crippen LogP contribution in [0.2, 0.25) is 10.0 Å². The number of rotatable bonds is 1. The van der Waals surface area contributed by atoms with E-state index in [2.05, 4.69) is 0 Å². The van der Waals surface area contributed by atoms with Gasteiger partial charge in [0, 0.05) is 21.7 Å². The summed E-state index contributed by atoms with van der Waals surface area (Å²) >= 11 is 11.8. The molecule has 22 heavy (non-hydrogen) atoms. The highest BCUT2D eigenvalue weighted by molar-refractivity contribution is 7.86. The van der Waals surface area contributed by atoms with Crippen LogP contribution in [0.1, 0.15) is 31.8 Å². The Labute approximate surface area is 135 Å². The fourth-order valence-corrected chi connectivity index (χ4v) is 3.63. The lowest BCUT2D eigenvalue weighted by Gasteiger charge is -2.19. The first-order valence-electron chi connectivity index (χ1n) is 5.90. The van der Waals surface area contributed by atoms with Crippen molar-refractivity contribution < 1.29 is 22.6 Å². The summed E-state index contributed by atoms with van der Waals surface area (Å²) < 4.78 is 31.7. The lowest BCUT2D eigenvalue weighted by atomic mass is 9.84. The van der Waals surface area contributed by atoms with Crippen LogP contribution in [0, 0.1) is 0 Å². The van der Waals surface area contributed by atoms with Crippen LogP contribution < -0.4 is 0 Å². The number of halogens is 2. The Morgan fingerprint density at radius 3 is 2.14 bits per heavy atom. The van der Waals surface area contributed by atoms with Gasteiger partial charge in [0.25, 0.3) is 10.1 Å². The van der Waals surface area contributed by atoms with Gasteiger partial charge in [-0.2, -0.15) is 8.42 Å². The molecule has 8 heteroatoms. The number of carbonyl (C=O) groups is 2. The lowest BCUT2D eigenvalue weighted by molar-refractivity contribution is 0.0979. The number of hydrogen-bond donors (Lipinski definition) is 1. The van der Waals surface area contributed by atoms with Gasteiger partial charge in [-0.15, -0.1) is 0 Å². The summed E-state index contributed by atoms with van der Waals surface area (Å²) in [7, 11) is -4.61. The average molecular weight is 357 g/mol. The van der Waals surface area contributed by atoms with Gasteiger partial charge in [0.15, 0.2) is 11.6 Å². The number of benzene rings is 2. The third-order valence-corrected chi connectivity index (χ3v) is 4.96. The van der Waals surface area contributed by atoms with Crippen LogP contribution >= 0.6 is 23.2 Å². The van der Waals surface area contributed by atoms with Gasteiger partial charge in [-0.25, -0.2) is 0 Å². The maximum atomic E-state index is 12.5. The smallest absolute Gasteiger partial charge is 0.289 e. The summed E-state index contributed by atoms with van der Waals surface area (Å²) in [4.78, 5) is 24.3. The molecule has 0 saturated carbocycles. The van der Waals surface area contributed by atoms with Crippen LogP contribution in [0.4, 0.5) is 0 Å². The second-order valence-electron chi connectivity index (χ2n) is 4.62. The van der Waals surface area contributed by atoms with Crippen molar-refractivity contribution in [2.45, 2.75) is 4.90 Å². The van der Waals surface area contributed by atoms with Gasteiger partial charge in [-0.1, -0.05) is 23.2 Å². The van der Waals surface area contributed by atoms with E-state index in [0.717, 1.165) is 12.1 Å². The zero-order valence-corrected chi connectivity index (χ0v) is 13.0. The van der Waals surface area contributed by atoms with Gasteiger partial charge >= 0.3 is 0 Å². The summed E-state index contributed by atoms with van der Waals surface area (Å²) in [5.74, 6) is -1.09. The summed E-state index contributed by atoms with van der Waals surface area (Å²) in [6.07, 6.45) is 0. The molecule has 2 aromatic rings. The quantitative estimate of drug-likeness (QED) is 0.677. The van der Waals surface area contributed by atoms with E-state index in [9.17, 15) is 18.0 Å². The molecule has 0 heterocycles. The Kier molecular flexibility index (Phi) is 3.37. The fourth-order valence-electron chi connectivity index (χ4n) is 2.35. The molecule has 0 aliphatic heterocycles. The Morgan fingerprint density at radius 2 is 1.50 bits per heavy atom. The number of carbonyl (C=O) groups excluding carboxylic acids is 2. The lowest BCUT2D eigenvalue weighted by Crippen LogP contribution is -2.22. The molecule has 0 saturated heterocycles. The van der Waals surface area contributed by atoms with Crippen LogP contribution in [0.25, 0.3) is 0 Å². The summed E-state index contributed by atoms with van der Waals surface area (Å²) in [5.41, 5.74) is -0.0641. The van der Waals surface area contributed by atoms with Crippen LogP contribution in [0.15, 0.2) is 35.2 Å². The van der Waals surface area contributed by atoms with Crippen LogP contribution in [-0.2, 0) is 10.1 Å². The molecule has 2 aromatic carbocycles. The Hall–Kier alpha value is -1.73. The Morgan fingerprint density at radius 1 is 0.864 bits per heavy atom. The van der Waals surface area contributed by atoms with Gasteiger partial charge in [-0.05, 0) is 30.3 Å². The van der Waals surface area contributed by atoms with Crippen LogP contribution in [-0.4, -0.2) is 24.5 Å². The predicted molar refractivity (Wildman–Crippen MR) is 79.6 cm³/mol. The summed E-state index contributed by atoms with van der Waals surface area (Å²) in [5, 5.41) is -0.227. The minimum Gasteiger partial charge on any atom is -0.289 e. The minimum atomic E-state index is -4.61. The molecular weight excluding hydrogens is 351 g/mol. The third-order valence-electron chi connectivity index (χ3n) is 3.33. The zero-order chi connectivity index (χ0) is 16.2. The van der Waals surface area contributed by atoms with Crippen molar-refractivity contribution in [1.82, 2.24) is 0 Å². The first kappa shape index (κ1) is 15.2. The molecule has 0 bridgehead atoms. The van der Waals surface area contributed by atoms with Crippen molar-refractivity contribution in [2.24, 2.45) is 0 Å². The highest BCUT2D eigenvalue weighted by Gasteiger charge is 2.34. The standard InChI is InChI=1S/C14H6Cl2O5S/c15-6-1-2-7-9(5-6)14(18)11-8(13(7)17)3-4-10(12(11)16)22(19,20)21/h1-5H,(H,19,20,21). The van der Waals surface area contributed by atoms with Crippen molar-refractivity contribution in [3.05, 3.63) is 62.6 Å². The van der Waals surface area contributed by atoms with E-state index in [0.29, 0.717) is 0 Å². The Balaban J connectivity index is 2.36. The maximum absolute atomic E-state index is 12.5. The molecule has 0 unspecified atom stereocenters. The van der Waals surface area contributed by atoms with Gasteiger partial charge in [0.2, 0.25) is 0 Å². The summed E-state index contributed by atoms with van der Waals surface area (Å²) in [6.45, 7) is 0. The van der Waals surface area contributed by atoms with Crippen molar-refractivity contribution in [1.29, 1.82) is 0 Å². The number of hydrogen-bond acceptors (Lipinski definition) is 4. The van der Waals surface area contributed by atoms with Crippen molar-refractivity contribution in [3.8, 4) is 0 Å². The van der Waals surface area contributed by atoms with E-state index in [1.807, 2.05) is 0 Å². The molecule has 5 nitrogen and oxygen atoms in total. The second-order valence-corrected chi connectivity index (χ2v) is 6.83. The van der Waals surface area contributed by atoms with Crippen LogP contribution in [0.3, 0.4) is 0 Å². The van der Waals surface area contributed by atoms with Crippen molar-refractivity contribution in [3.63, 3.8) is 0 Å². The van der Waals surface area contributed by atoms with Gasteiger partial charge in [-0.3, -0.25) is 14.1 Å². The molecule has 1 N–H and O–H groups in total. The molecule has 0 spiro atoms. The van der Waals surface area contributed by atoms with Gasteiger partial charge in [0.05, 0.1) is 10.6 Å². The van der Waals surface area contributed by atoms with E-state index in [1.54, 1.807) is 0 Å². The average Bonchev–Trinajstić information content (AvgIpc) is 2.43. The molecule has 3 rings (SSSR count). The van der Waals surface area contributed by atoms with E-state index in [-0.39, 0.29) is 27.3 Å². The highest BCUT2D eigenvalue weighted by atomic mass is 35.5. The molecule has 0 radical (unpaired) electrons. The molecule has 1 aliphatic rings. The SMILES string of the molecule is O=C1c2ccc(Cl)cc2C(=O)c2c1ccc(S(=O)(=O)O)c2Cl. The molecule has 1 aliphatic carbocycles. The summed E-state index contributed by atoms with van der Waals surface area (Å²) in [6, 6.07) is 6.36. The van der Waals surface area contributed by atoms with Crippen molar-refractivity contribution >= 4 is 44.9 Å². The fraction of sp³-hybridized carbons (Fsp3) is 0. The molecule has 0 fully saturated rings. The minimum absolute atomic E-state index is 0.0165. The van der Waals surface area contributed by atoms with Gasteiger partial charge in [0.1, 0.15) is 4.90 Å². The maximum Gasteiger partial charge on any atom is 0.296 e. The topological polar surface area (TPSA) is 88.5 Å². The number of fused-ring (bicyclic) bond motifs is 2. The van der Waals surface area contributed by atoms with Crippen LogP contribution in [0.5, 0.6) is 0 Å². The van der Waals surface area contributed by atoms with E-state index in [4.69, 9.17) is 27.8 Å². The normalized spacial score (nSPS) is 13.8.